The summed E-state index contributed by atoms with van der Waals surface area (Å²) in [5, 5.41) is 17.5. The molecule has 0 saturated carbocycles. The molecule has 0 aliphatic heterocycles. The molecule has 1 rings (SSSR count). The smallest absolute Gasteiger partial charge is 0.303 e. The van der Waals surface area contributed by atoms with Crippen LogP contribution in [0.25, 0.3) is 0 Å². The van der Waals surface area contributed by atoms with E-state index in [1.807, 2.05) is 6.92 Å². The highest BCUT2D eigenvalue weighted by Crippen LogP contribution is 2.20. The Morgan fingerprint density at radius 2 is 2.11 bits per heavy atom. The van der Waals surface area contributed by atoms with Crippen molar-refractivity contribution in [3.8, 4) is 0 Å². The highest BCUT2D eigenvalue weighted by molar-refractivity contribution is 7.73. The van der Waals surface area contributed by atoms with Crippen LogP contribution in [0.3, 0.4) is 0 Å². The second-order valence-electron chi connectivity index (χ2n) is 4.21. The molecule has 4 nitrogen and oxygen atoms in total. The molecular weight excluding hydrogens is 270 g/mol. The van der Waals surface area contributed by atoms with Crippen LogP contribution >= 0.6 is 23.6 Å². The Labute approximate surface area is 116 Å². The fourth-order valence-corrected chi connectivity index (χ4v) is 3.37. The Balaban J connectivity index is 2.47. The van der Waals surface area contributed by atoms with E-state index in [1.165, 1.54) is 0 Å². The number of aliphatic hydroxyl groups is 1. The van der Waals surface area contributed by atoms with Crippen molar-refractivity contribution in [2.24, 2.45) is 0 Å². The van der Waals surface area contributed by atoms with E-state index in [0.29, 0.717) is 6.42 Å². The van der Waals surface area contributed by atoms with Crippen LogP contribution in [0.2, 0.25) is 0 Å². The van der Waals surface area contributed by atoms with E-state index in [2.05, 4.69) is 4.57 Å². The summed E-state index contributed by atoms with van der Waals surface area (Å²) >= 11 is 6.86. The Bertz CT molecular complexity index is 451. The van der Waals surface area contributed by atoms with Crippen molar-refractivity contribution in [2.45, 2.75) is 45.6 Å². The van der Waals surface area contributed by atoms with Crippen molar-refractivity contribution in [3.05, 3.63) is 14.5 Å². The largest absolute Gasteiger partial charge is 0.481 e. The Morgan fingerprint density at radius 3 is 2.72 bits per heavy atom. The number of carboxylic acids is 1. The number of aliphatic carboxylic acids is 1. The van der Waals surface area contributed by atoms with Gasteiger partial charge in [0, 0.05) is 36.6 Å². The Kier molecular flexibility index (Phi) is 6.52. The van der Waals surface area contributed by atoms with Gasteiger partial charge in [0.25, 0.3) is 0 Å². The van der Waals surface area contributed by atoms with E-state index in [4.69, 9.17) is 22.4 Å². The zero-order valence-corrected chi connectivity index (χ0v) is 12.1. The van der Waals surface area contributed by atoms with Gasteiger partial charge in [0.05, 0.1) is 0 Å². The van der Waals surface area contributed by atoms with E-state index >= 15 is 0 Å². The SMILES string of the molecule is Cc1c(CCO)sc(=S)n1CCCCCC(=O)O. The number of hydrogen-bond acceptors (Lipinski definition) is 4. The second-order valence-corrected chi connectivity index (χ2v) is 5.93. The quantitative estimate of drug-likeness (QED) is 0.570. The normalized spacial score (nSPS) is 10.8. The number of hydrogen-bond donors (Lipinski definition) is 2. The van der Waals surface area contributed by atoms with Crippen LogP contribution in [0.1, 0.15) is 36.3 Å². The van der Waals surface area contributed by atoms with Crippen molar-refractivity contribution in [3.63, 3.8) is 0 Å². The molecule has 0 spiro atoms. The van der Waals surface area contributed by atoms with Gasteiger partial charge in [0.2, 0.25) is 0 Å². The number of carboxylic acid groups (broad SMARTS) is 1. The number of thiazole rings is 1. The maximum atomic E-state index is 10.4. The number of unbranched alkanes of at least 4 members (excludes halogenated alkanes) is 2. The minimum absolute atomic E-state index is 0.148. The number of carbonyl (C=O) groups is 1. The van der Waals surface area contributed by atoms with Gasteiger partial charge in [-0.05, 0) is 32.0 Å². The van der Waals surface area contributed by atoms with Crippen LogP contribution in [0, 0.1) is 10.9 Å². The third-order valence-corrected chi connectivity index (χ3v) is 4.46. The highest BCUT2D eigenvalue weighted by atomic mass is 32.1. The predicted molar refractivity (Wildman–Crippen MR) is 74.8 cm³/mol. The summed E-state index contributed by atoms with van der Waals surface area (Å²) in [5.74, 6) is -0.733. The molecule has 0 fully saturated rings. The minimum atomic E-state index is -0.733. The van der Waals surface area contributed by atoms with E-state index in [9.17, 15) is 4.79 Å². The molecule has 0 aromatic carbocycles. The van der Waals surface area contributed by atoms with Crippen molar-refractivity contribution in [1.82, 2.24) is 4.57 Å². The van der Waals surface area contributed by atoms with Crippen LogP contribution in [-0.2, 0) is 17.8 Å². The summed E-state index contributed by atoms with van der Waals surface area (Å²) in [4.78, 5) is 11.5. The second kappa shape index (κ2) is 7.66. The molecule has 102 valence electrons. The molecule has 18 heavy (non-hydrogen) atoms. The summed E-state index contributed by atoms with van der Waals surface area (Å²) in [5.41, 5.74) is 1.14. The van der Waals surface area contributed by atoms with Gasteiger partial charge in [0.15, 0.2) is 3.95 Å². The molecule has 1 aromatic heterocycles. The molecule has 0 radical (unpaired) electrons. The third kappa shape index (κ3) is 4.51. The number of aromatic nitrogens is 1. The number of aliphatic hydroxyl groups excluding tert-OH is 1. The fourth-order valence-electron chi connectivity index (χ4n) is 1.84. The topological polar surface area (TPSA) is 62.5 Å². The predicted octanol–water partition coefficient (Wildman–Crippen LogP) is 2.77. The van der Waals surface area contributed by atoms with Gasteiger partial charge in [-0.25, -0.2) is 0 Å². The third-order valence-electron chi connectivity index (χ3n) is 2.85. The summed E-state index contributed by atoms with van der Waals surface area (Å²) in [6, 6.07) is 0. The molecule has 1 heterocycles. The van der Waals surface area contributed by atoms with E-state index in [1.54, 1.807) is 11.3 Å². The monoisotopic (exact) mass is 289 g/mol. The van der Waals surface area contributed by atoms with Gasteiger partial charge in [-0.3, -0.25) is 4.79 Å². The first kappa shape index (κ1) is 15.3. The molecule has 0 aliphatic rings. The van der Waals surface area contributed by atoms with Crippen LogP contribution in [-0.4, -0.2) is 27.4 Å². The zero-order chi connectivity index (χ0) is 13.5. The van der Waals surface area contributed by atoms with E-state index in [0.717, 1.165) is 40.3 Å². The van der Waals surface area contributed by atoms with Gasteiger partial charge in [-0.15, -0.1) is 11.3 Å². The maximum absolute atomic E-state index is 10.4. The van der Waals surface area contributed by atoms with Crippen LogP contribution < -0.4 is 0 Å². The fraction of sp³-hybridized carbons (Fsp3) is 0.667. The molecule has 0 unspecified atom stereocenters. The summed E-state index contributed by atoms with van der Waals surface area (Å²) in [7, 11) is 0. The Morgan fingerprint density at radius 1 is 1.39 bits per heavy atom. The number of rotatable bonds is 8. The lowest BCUT2D eigenvalue weighted by molar-refractivity contribution is -0.137. The van der Waals surface area contributed by atoms with Gasteiger partial charge in [-0.2, -0.15) is 0 Å². The zero-order valence-electron chi connectivity index (χ0n) is 10.5. The van der Waals surface area contributed by atoms with Crippen LogP contribution in [0.5, 0.6) is 0 Å². The molecule has 0 atom stereocenters. The van der Waals surface area contributed by atoms with Crippen molar-refractivity contribution in [2.75, 3.05) is 6.61 Å². The lowest BCUT2D eigenvalue weighted by Gasteiger charge is -2.06. The average molecular weight is 289 g/mol. The first-order valence-corrected chi connectivity index (χ1v) is 7.30. The molecule has 2 N–H and O–H groups in total. The summed E-state index contributed by atoms with van der Waals surface area (Å²) < 4.78 is 2.93. The summed E-state index contributed by atoms with van der Waals surface area (Å²) in [6.45, 7) is 3.01. The molecule has 0 aliphatic carbocycles. The summed E-state index contributed by atoms with van der Waals surface area (Å²) in [6.07, 6.45) is 3.46. The van der Waals surface area contributed by atoms with Gasteiger partial charge < -0.3 is 14.8 Å². The standard InChI is InChI=1S/C12H19NO3S2/c1-9-10(6-8-14)18-12(17)13(9)7-4-2-3-5-11(15)16/h14H,2-8H2,1H3,(H,15,16). The molecule has 1 aromatic rings. The molecule has 0 bridgehead atoms. The van der Waals surface area contributed by atoms with Gasteiger partial charge in [0.1, 0.15) is 0 Å². The van der Waals surface area contributed by atoms with Crippen molar-refractivity contribution >= 4 is 29.5 Å². The molecule has 0 amide bonds. The van der Waals surface area contributed by atoms with Crippen LogP contribution in [0.4, 0.5) is 0 Å². The van der Waals surface area contributed by atoms with E-state index in [-0.39, 0.29) is 13.0 Å². The first-order valence-electron chi connectivity index (χ1n) is 6.08. The minimum Gasteiger partial charge on any atom is -0.481 e. The first-order chi connectivity index (χ1) is 8.56. The average Bonchev–Trinajstić information content (AvgIpc) is 2.56. The van der Waals surface area contributed by atoms with Crippen molar-refractivity contribution < 1.29 is 15.0 Å². The molecule has 0 saturated heterocycles. The maximum Gasteiger partial charge on any atom is 0.303 e. The van der Waals surface area contributed by atoms with Crippen LogP contribution in [0.15, 0.2) is 0 Å². The lowest BCUT2D eigenvalue weighted by Crippen LogP contribution is -2.02. The molecule has 6 heteroatoms. The van der Waals surface area contributed by atoms with Gasteiger partial charge >= 0.3 is 5.97 Å². The van der Waals surface area contributed by atoms with Crippen molar-refractivity contribution in [1.29, 1.82) is 0 Å². The van der Waals surface area contributed by atoms with Gasteiger partial charge in [-0.1, -0.05) is 6.42 Å². The molecular formula is C12H19NO3S2. The van der Waals surface area contributed by atoms with E-state index < -0.39 is 5.97 Å². The highest BCUT2D eigenvalue weighted by Gasteiger charge is 2.08. The lowest BCUT2D eigenvalue weighted by atomic mass is 10.2. The Hall–Kier alpha value is -0.720. The number of nitrogens with zero attached hydrogens (tertiary/aromatic N) is 1.